The zero-order chi connectivity index (χ0) is 12.1. The minimum Gasteiger partial charge on any atom is -0.491 e. The van der Waals surface area contributed by atoms with Crippen LogP contribution in [0.4, 0.5) is 0 Å². The lowest BCUT2D eigenvalue weighted by atomic mass is 10.1. The lowest BCUT2D eigenvalue weighted by Gasteiger charge is -2.25. The third kappa shape index (κ3) is 3.72. The average Bonchev–Trinajstić information content (AvgIpc) is 2.34. The van der Waals surface area contributed by atoms with Gasteiger partial charge >= 0.3 is 0 Å². The van der Waals surface area contributed by atoms with Crippen LogP contribution in [0.15, 0.2) is 24.3 Å². The van der Waals surface area contributed by atoms with Crippen molar-refractivity contribution < 1.29 is 9.53 Å². The van der Waals surface area contributed by atoms with E-state index in [2.05, 4.69) is 4.90 Å². The van der Waals surface area contributed by atoms with Crippen molar-refractivity contribution in [1.82, 2.24) is 4.90 Å². The summed E-state index contributed by atoms with van der Waals surface area (Å²) >= 11 is 5.98. The second-order valence-electron chi connectivity index (χ2n) is 4.16. The van der Waals surface area contributed by atoms with Gasteiger partial charge in [-0.2, -0.15) is 0 Å². The monoisotopic (exact) mass is 253 g/mol. The maximum absolute atomic E-state index is 11.1. The molecule has 1 fully saturated rings. The zero-order valence-corrected chi connectivity index (χ0v) is 10.4. The number of carbonyl (C=O) groups is 1. The van der Waals surface area contributed by atoms with Gasteiger partial charge in [0.15, 0.2) is 0 Å². The van der Waals surface area contributed by atoms with Crippen molar-refractivity contribution in [3.8, 4) is 5.75 Å². The molecule has 1 aliphatic rings. The quantitative estimate of drug-likeness (QED) is 0.825. The van der Waals surface area contributed by atoms with Gasteiger partial charge in [0.1, 0.15) is 18.1 Å². The molecule has 92 valence electrons. The normalized spacial score (nSPS) is 17.1. The van der Waals surface area contributed by atoms with E-state index < -0.39 is 0 Å². The second-order valence-corrected chi connectivity index (χ2v) is 4.57. The molecule has 0 spiro atoms. The highest BCUT2D eigenvalue weighted by molar-refractivity contribution is 6.32. The van der Waals surface area contributed by atoms with Crippen LogP contribution >= 0.6 is 11.6 Å². The highest BCUT2D eigenvalue weighted by Gasteiger charge is 2.15. The average molecular weight is 254 g/mol. The summed E-state index contributed by atoms with van der Waals surface area (Å²) in [7, 11) is 0. The number of nitrogens with zero attached hydrogens (tertiary/aromatic N) is 1. The van der Waals surface area contributed by atoms with Gasteiger partial charge in [-0.05, 0) is 12.1 Å². The molecule has 1 aromatic carbocycles. The first-order valence-corrected chi connectivity index (χ1v) is 6.25. The van der Waals surface area contributed by atoms with Gasteiger partial charge in [-0.15, -0.1) is 0 Å². The third-order valence-corrected chi connectivity index (χ3v) is 3.23. The van der Waals surface area contributed by atoms with E-state index in [9.17, 15) is 4.79 Å². The molecular formula is C13H16ClNO2. The molecule has 1 aromatic rings. The SMILES string of the molecule is O=C1CCN(CCOc2ccccc2Cl)CC1. The van der Waals surface area contributed by atoms with Crippen LogP contribution < -0.4 is 4.74 Å². The molecule has 0 unspecified atom stereocenters. The smallest absolute Gasteiger partial charge is 0.137 e. The largest absolute Gasteiger partial charge is 0.491 e. The minimum absolute atomic E-state index is 0.369. The zero-order valence-electron chi connectivity index (χ0n) is 9.69. The molecule has 3 nitrogen and oxygen atoms in total. The summed E-state index contributed by atoms with van der Waals surface area (Å²) < 4.78 is 5.61. The molecule has 0 radical (unpaired) electrons. The Balaban J connectivity index is 1.73. The molecular weight excluding hydrogens is 238 g/mol. The van der Waals surface area contributed by atoms with Crippen molar-refractivity contribution in [2.45, 2.75) is 12.8 Å². The van der Waals surface area contributed by atoms with Crippen LogP contribution in [0, 0.1) is 0 Å². The lowest BCUT2D eigenvalue weighted by Crippen LogP contribution is -2.36. The third-order valence-electron chi connectivity index (χ3n) is 2.92. The van der Waals surface area contributed by atoms with Crippen LogP contribution in [0.25, 0.3) is 0 Å². The summed E-state index contributed by atoms with van der Waals surface area (Å²) in [5.74, 6) is 1.09. The first-order chi connectivity index (χ1) is 8.25. The first kappa shape index (κ1) is 12.4. The Kier molecular flexibility index (Phi) is 4.40. The molecule has 17 heavy (non-hydrogen) atoms. The van der Waals surface area contributed by atoms with Crippen molar-refractivity contribution >= 4 is 17.4 Å². The van der Waals surface area contributed by atoms with Crippen molar-refractivity contribution in [2.24, 2.45) is 0 Å². The number of likely N-dealkylation sites (tertiary alicyclic amines) is 1. The van der Waals surface area contributed by atoms with Crippen molar-refractivity contribution in [1.29, 1.82) is 0 Å². The fourth-order valence-electron chi connectivity index (χ4n) is 1.87. The van der Waals surface area contributed by atoms with Crippen LogP contribution in [0.1, 0.15) is 12.8 Å². The highest BCUT2D eigenvalue weighted by Crippen LogP contribution is 2.22. The number of rotatable bonds is 4. The summed E-state index contributed by atoms with van der Waals surface area (Å²) in [6, 6.07) is 7.46. The molecule has 2 rings (SSSR count). The Morgan fingerprint density at radius 3 is 2.65 bits per heavy atom. The molecule has 1 saturated heterocycles. The molecule has 0 atom stereocenters. The molecule has 0 amide bonds. The lowest BCUT2D eigenvalue weighted by molar-refractivity contribution is -0.121. The van der Waals surface area contributed by atoms with Gasteiger partial charge in [-0.1, -0.05) is 23.7 Å². The van der Waals surface area contributed by atoms with E-state index in [1.807, 2.05) is 24.3 Å². The summed E-state index contributed by atoms with van der Waals surface area (Å²) in [6.07, 6.45) is 1.35. The predicted molar refractivity (Wildman–Crippen MR) is 67.6 cm³/mol. The van der Waals surface area contributed by atoms with Crippen molar-refractivity contribution in [3.05, 3.63) is 29.3 Å². The van der Waals surface area contributed by atoms with Crippen LogP contribution in [-0.4, -0.2) is 36.9 Å². The number of benzene rings is 1. The Morgan fingerprint density at radius 1 is 1.24 bits per heavy atom. The van der Waals surface area contributed by atoms with E-state index in [0.717, 1.165) is 25.4 Å². The van der Waals surface area contributed by atoms with Gasteiger partial charge in [-0.25, -0.2) is 0 Å². The van der Waals surface area contributed by atoms with E-state index in [1.165, 1.54) is 0 Å². The van der Waals surface area contributed by atoms with Gasteiger partial charge in [-0.3, -0.25) is 9.69 Å². The molecule has 4 heteroatoms. The van der Waals surface area contributed by atoms with Crippen LogP contribution in [0.5, 0.6) is 5.75 Å². The minimum atomic E-state index is 0.369. The van der Waals surface area contributed by atoms with E-state index in [4.69, 9.17) is 16.3 Å². The highest BCUT2D eigenvalue weighted by atomic mass is 35.5. The number of para-hydroxylation sites is 1. The number of hydrogen-bond acceptors (Lipinski definition) is 3. The van der Waals surface area contributed by atoms with Crippen LogP contribution in [0.3, 0.4) is 0 Å². The van der Waals surface area contributed by atoms with Gasteiger partial charge in [0.2, 0.25) is 0 Å². The molecule has 0 N–H and O–H groups in total. The van der Waals surface area contributed by atoms with Gasteiger partial charge < -0.3 is 4.74 Å². The number of Topliss-reactive ketones (excluding diaryl/α,β-unsaturated/α-hetero) is 1. The number of ether oxygens (including phenoxy) is 1. The molecule has 1 aliphatic heterocycles. The number of carbonyl (C=O) groups excluding carboxylic acids is 1. The summed E-state index contributed by atoms with van der Waals surface area (Å²) in [5.41, 5.74) is 0. The Morgan fingerprint density at radius 2 is 1.94 bits per heavy atom. The predicted octanol–water partition coefficient (Wildman–Crippen LogP) is 2.38. The number of halogens is 1. The first-order valence-electron chi connectivity index (χ1n) is 5.87. The van der Waals surface area contributed by atoms with E-state index >= 15 is 0 Å². The van der Waals surface area contributed by atoms with Crippen LogP contribution in [0.2, 0.25) is 5.02 Å². The molecule has 0 saturated carbocycles. The standard InChI is InChI=1S/C13H16ClNO2/c14-12-3-1-2-4-13(12)17-10-9-15-7-5-11(16)6-8-15/h1-4H,5-10H2. The second kappa shape index (κ2) is 6.03. The maximum atomic E-state index is 11.1. The van der Waals surface area contributed by atoms with E-state index in [1.54, 1.807) is 0 Å². The maximum Gasteiger partial charge on any atom is 0.137 e. The van der Waals surface area contributed by atoms with E-state index in [0.29, 0.717) is 30.3 Å². The summed E-state index contributed by atoms with van der Waals surface area (Å²) in [4.78, 5) is 13.3. The number of ketones is 1. The van der Waals surface area contributed by atoms with Crippen molar-refractivity contribution in [2.75, 3.05) is 26.2 Å². The summed E-state index contributed by atoms with van der Waals surface area (Å²) in [5, 5.41) is 0.640. The fourth-order valence-corrected chi connectivity index (χ4v) is 2.06. The topological polar surface area (TPSA) is 29.5 Å². The van der Waals surface area contributed by atoms with Crippen molar-refractivity contribution in [3.63, 3.8) is 0 Å². The Labute approximate surface area is 106 Å². The fraction of sp³-hybridized carbons (Fsp3) is 0.462. The molecule has 0 bridgehead atoms. The van der Waals surface area contributed by atoms with Crippen LogP contribution in [-0.2, 0) is 4.79 Å². The Hall–Kier alpha value is -1.06. The van der Waals surface area contributed by atoms with Gasteiger partial charge in [0.05, 0.1) is 5.02 Å². The van der Waals surface area contributed by atoms with E-state index in [-0.39, 0.29) is 0 Å². The Bertz CT molecular complexity index is 385. The molecule has 0 aromatic heterocycles. The molecule has 0 aliphatic carbocycles. The molecule has 1 heterocycles. The number of hydrogen-bond donors (Lipinski definition) is 0. The van der Waals surface area contributed by atoms with Gasteiger partial charge in [0, 0.05) is 32.5 Å². The summed E-state index contributed by atoms with van der Waals surface area (Å²) in [6.45, 7) is 3.16. The number of piperidine rings is 1. The van der Waals surface area contributed by atoms with Gasteiger partial charge in [0.25, 0.3) is 0 Å².